The van der Waals surface area contributed by atoms with Crippen molar-refractivity contribution < 1.29 is 14.0 Å². The van der Waals surface area contributed by atoms with Crippen molar-refractivity contribution in [2.24, 2.45) is 0 Å². The van der Waals surface area contributed by atoms with Gasteiger partial charge in [0.2, 0.25) is 5.91 Å². The molecule has 1 aliphatic heterocycles. The number of aryl methyl sites for hydroxylation is 1. The summed E-state index contributed by atoms with van der Waals surface area (Å²) in [4.78, 5) is 27.4. The van der Waals surface area contributed by atoms with Gasteiger partial charge in [-0.3, -0.25) is 9.59 Å². The van der Waals surface area contributed by atoms with Crippen LogP contribution in [-0.2, 0) is 17.9 Å². The summed E-state index contributed by atoms with van der Waals surface area (Å²) in [5.41, 5.74) is 3.82. The Labute approximate surface area is 164 Å². The number of carbonyl (C=O) groups excluding carboxylic acids is 2. The average Bonchev–Trinajstić information content (AvgIpc) is 3.34. The molecule has 0 bridgehead atoms. The summed E-state index contributed by atoms with van der Waals surface area (Å²) < 4.78 is 5.27. The molecule has 0 radical (unpaired) electrons. The highest BCUT2D eigenvalue weighted by atomic mass is 16.3. The van der Waals surface area contributed by atoms with Crippen LogP contribution in [0.15, 0.2) is 71.3 Å². The number of benzene rings is 2. The second-order valence-corrected chi connectivity index (χ2v) is 7.08. The number of furan rings is 1. The molecule has 1 aliphatic rings. The first-order chi connectivity index (χ1) is 13.6. The highest BCUT2D eigenvalue weighted by Crippen LogP contribution is 2.33. The van der Waals surface area contributed by atoms with E-state index in [-0.39, 0.29) is 24.3 Å². The van der Waals surface area contributed by atoms with Crippen molar-refractivity contribution >= 4 is 11.8 Å². The standard InChI is InChI=1S/C23H22N2O3/c1-16-8-10-17(11-9-16)21(13-22(26)24-14-19-6-4-12-28-19)25-15-18-5-2-3-7-20(18)23(25)27/h2-12,21H,13-15H2,1H3,(H,24,26). The van der Waals surface area contributed by atoms with Crippen molar-refractivity contribution in [3.63, 3.8) is 0 Å². The number of hydrogen-bond acceptors (Lipinski definition) is 3. The highest BCUT2D eigenvalue weighted by molar-refractivity contribution is 5.98. The predicted octanol–water partition coefficient (Wildman–Crippen LogP) is 3.99. The van der Waals surface area contributed by atoms with Gasteiger partial charge in [-0.1, -0.05) is 48.0 Å². The molecule has 1 N–H and O–H groups in total. The van der Waals surface area contributed by atoms with E-state index in [1.165, 1.54) is 0 Å². The SMILES string of the molecule is Cc1ccc(C(CC(=O)NCc2ccco2)N2Cc3ccccc3C2=O)cc1. The minimum absolute atomic E-state index is 0.0278. The smallest absolute Gasteiger partial charge is 0.255 e. The summed E-state index contributed by atoms with van der Waals surface area (Å²) in [5.74, 6) is 0.552. The molecule has 1 atom stereocenters. The molecule has 4 rings (SSSR count). The van der Waals surface area contributed by atoms with Gasteiger partial charge in [-0.15, -0.1) is 0 Å². The second kappa shape index (κ2) is 7.72. The largest absolute Gasteiger partial charge is 0.467 e. The van der Waals surface area contributed by atoms with Crippen molar-refractivity contribution in [3.8, 4) is 0 Å². The third kappa shape index (κ3) is 3.69. The lowest BCUT2D eigenvalue weighted by Gasteiger charge is -2.28. The van der Waals surface area contributed by atoms with Crippen LogP contribution in [-0.4, -0.2) is 16.7 Å². The molecule has 2 aromatic carbocycles. The Morgan fingerprint density at radius 1 is 1.11 bits per heavy atom. The normalized spacial score (nSPS) is 14.0. The molecule has 3 aromatic rings. The zero-order chi connectivity index (χ0) is 19.5. The maximum atomic E-state index is 13.0. The number of nitrogens with one attached hydrogen (secondary N) is 1. The quantitative estimate of drug-likeness (QED) is 0.710. The van der Waals surface area contributed by atoms with Crippen LogP contribution in [0.3, 0.4) is 0 Å². The third-order valence-electron chi connectivity index (χ3n) is 5.11. The van der Waals surface area contributed by atoms with Crippen molar-refractivity contribution in [2.45, 2.75) is 32.5 Å². The first kappa shape index (κ1) is 18.0. The van der Waals surface area contributed by atoms with E-state index < -0.39 is 0 Å². The van der Waals surface area contributed by atoms with Crippen LogP contribution in [0.1, 0.15) is 45.3 Å². The second-order valence-electron chi connectivity index (χ2n) is 7.08. The molecule has 0 aliphatic carbocycles. The zero-order valence-electron chi connectivity index (χ0n) is 15.7. The molecule has 0 fully saturated rings. The Kier molecular flexibility index (Phi) is 4.98. The Balaban J connectivity index is 1.55. The van der Waals surface area contributed by atoms with Gasteiger partial charge in [0.15, 0.2) is 0 Å². The van der Waals surface area contributed by atoms with E-state index in [1.54, 1.807) is 17.2 Å². The van der Waals surface area contributed by atoms with Crippen LogP contribution >= 0.6 is 0 Å². The Morgan fingerprint density at radius 3 is 2.61 bits per heavy atom. The van der Waals surface area contributed by atoms with E-state index in [1.807, 2.05) is 61.5 Å². The lowest BCUT2D eigenvalue weighted by atomic mass is 10.00. The summed E-state index contributed by atoms with van der Waals surface area (Å²) in [6.45, 7) is 2.87. The van der Waals surface area contributed by atoms with Crippen LogP contribution in [0.2, 0.25) is 0 Å². The average molecular weight is 374 g/mol. The summed E-state index contributed by atoms with van der Waals surface area (Å²) in [7, 11) is 0. The Hall–Kier alpha value is -3.34. The lowest BCUT2D eigenvalue weighted by Crippen LogP contribution is -2.34. The molecule has 28 heavy (non-hydrogen) atoms. The number of rotatable bonds is 6. The van der Waals surface area contributed by atoms with Crippen LogP contribution < -0.4 is 5.32 Å². The fourth-order valence-electron chi connectivity index (χ4n) is 3.57. The molecule has 1 unspecified atom stereocenters. The summed E-state index contributed by atoms with van der Waals surface area (Å²) in [5, 5.41) is 2.89. The number of hydrogen-bond donors (Lipinski definition) is 1. The minimum Gasteiger partial charge on any atom is -0.467 e. The maximum Gasteiger partial charge on any atom is 0.255 e. The number of amides is 2. The van der Waals surface area contributed by atoms with Crippen LogP contribution in [0.25, 0.3) is 0 Å². The maximum absolute atomic E-state index is 13.0. The molecular weight excluding hydrogens is 352 g/mol. The predicted molar refractivity (Wildman–Crippen MR) is 105 cm³/mol. The monoisotopic (exact) mass is 374 g/mol. The van der Waals surface area contributed by atoms with Gasteiger partial charge in [-0.05, 0) is 36.2 Å². The molecule has 0 saturated heterocycles. The van der Waals surface area contributed by atoms with E-state index in [4.69, 9.17) is 4.42 Å². The van der Waals surface area contributed by atoms with Crippen LogP contribution in [0.5, 0.6) is 0 Å². The molecule has 0 saturated carbocycles. The molecule has 5 heteroatoms. The lowest BCUT2D eigenvalue weighted by molar-refractivity contribution is -0.122. The molecule has 2 heterocycles. The van der Waals surface area contributed by atoms with Gasteiger partial charge in [0.1, 0.15) is 5.76 Å². The summed E-state index contributed by atoms with van der Waals surface area (Å²) >= 11 is 0. The van der Waals surface area contributed by atoms with E-state index in [0.717, 1.165) is 22.3 Å². The third-order valence-corrected chi connectivity index (χ3v) is 5.11. The van der Waals surface area contributed by atoms with Gasteiger partial charge in [0, 0.05) is 12.1 Å². The van der Waals surface area contributed by atoms with Crippen molar-refractivity contribution in [2.75, 3.05) is 0 Å². The van der Waals surface area contributed by atoms with Crippen LogP contribution in [0, 0.1) is 6.92 Å². The van der Waals surface area contributed by atoms with E-state index in [9.17, 15) is 9.59 Å². The fraction of sp³-hybridized carbons (Fsp3) is 0.217. The number of carbonyl (C=O) groups is 2. The van der Waals surface area contributed by atoms with E-state index in [0.29, 0.717) is 18.8 Å². The van der Waals surface area contributed by atoms with Gasteiger partial charge in [0.05, 0.1) is 25.3 Å². The molecule has 142 valence electrons. The van der Waals surface area contributed by atoms with Gasteiger partial charge < -0.3 is 14.6 Å². The number of fused-ring (bicyclic) bond motifs is 1. The molecule has 5 nitrogen and oxygen atoms in total. The highest BCUT2D eigenvalue weighted by Gasteiger charge is 2.34. The Bertz CT molecular complexity index is 977. The van der Waals surface area contributed by atoms with Gasteiger partial charge in [-0.2, -0.15) is 0 Å². The van der Waals surface area contributed by atoms with Gasteiger partial charge >= 0.3 is 0 Å². The molecule has 1 aromatic heterocycles. The van der Waals surface area contributed by atoms with E-state index in [2.05, 4.69) is 5.32 Å². The number of nitrogens with zero attached hydrogens (tertiary/aromatic N) is 1. The zero-order valence-corrected chi connectivity index (χ0v) is 15.7. The minimum atomic E-state index is -0.322. The van der Waals surface area contributed by atoms with Crippen molar-refractivity contribution in [3.05, 3.63) is 94.9 Å². The Morgan fingerprint density at radius 2 is 1.89 bits per heavy atom. The molecule has 2 amide bonds. The first-order valence-corrected chi connectivity index (χ1v) is 9.36. The van der Waals surface area contributed by atoms with Crippen LogP contribution in [0.4, 0.5) is 0 Å². The van der Waals surface area contributed by atoms with Gasteiger partial charge in [-0.25, -0.2) is 0 Å². The van der Waals surface area contributed by atoms with Crippen molar-refractivity contribution in [1.82, 2.24) is 10.2 Å². The molecule has 0 spiro atoms. The van der Waals surface area contributed by atoms with Crippen molar-refractivity contribution in [1.29, 1.82) is 0 Å². The summed E-state index contributed by atoms with van der Waals surface area (Å²) in [6, 6.07) is 18.9. The summed E-state index contributed by atoms with van der Waals surface area (Å²) in [6.07, 6.45) is 1.78. The fourth-order valence-corrected chi connectivity index (χ4v) is 3.57. The topological polar surface area (TPSA) is 62.6 Å². The van der Waals surface area contributed by atoms with E-state index >= 15 is 0 Å². The molecular formula is C23H22N2O3. The first-order valence-electron chi connectivity index (χ1n) is 9.36. The van der Waals surface area contributed by atoms with Gasteiger partial charge in [0.25, 0.3) is 5.91 Å².